The normalized spacial score (nSPS) is 20.3. The molecule has 1 aliphatic rings. The molecule has 0 bridgehead atoms. The number of carbonyl (C=O) groups excluding carboxylic acids is 1. The molecular weight excluding hydrogens is 209 g/mol. The summed E-state index contributed by atoms with van der Waals surface area (Å²) in [5.41, 5.74) is 0.0242. The molecule has 90 valence electrons. The van der Waals surface area contributed by atoms with Crippen molar-refractivity contribution < 1.29 is 19.6 Å². The molecule has 0 heterocycles. The number of rotatable bonds is 2. The maximum atomic E-state index is 11.4. The van der Waals surface area contributed by atoms with Crippen molar-refractivity contribution in [3.05, 3.63) is 11.5 Å². The van der Waals surface area contributed by atoms with Crippen LogP contribution in [0.25, 0.3) is 0 Å². The van der Waals surface area contributed by atoms with Gasteiger partial charge in [-0.15, -0.1) is 0 Å². The summed E-state index contributed by atoms with van der Waals surface area (Å²) in [6.07, 6.45) is 2.31. The van der Waals surface area contributed by atoms with Gasteiger partial charge in [-0.05, 0) is 39.1 Å². The van der Waals surface area contributed by atoms with Crippen LogP contribution in [-0.2, 0) is 4.74 Å². The second kappa shape index (κ2) is 4.89. The van der Waals surface area contributed by atoms with Crippen molar-refractivity contribution in [1.29, 1.82) is 0 Å². The third-order valence-electron chi connectivity index (χ3n) is 2.20. The van der Waals surface area contributed by atoms with Crippen molar-refractivity contribution in [3.63, 3.8) is 0 Å². The Morgan fingerprint density at radius 3 is 2.62 bits per heavy atom. The zero-order valence-electron chi connectivity index (χ0n) is 9.86. The summed E-state index contributed by atoms with van der Waals surface area (Å²) in [6.45, 7) is 5.38. The Hall–Kier alpha value is -1.01. The van der Waals surface area contributed by atoms with Gasteiger partial charge >= 0.3 is 13.2 Å². The van der Waals surface area contributed by atoms with Crippen LogP contribution < -0.4 is 5.32 Å². The molecule has 0 spiro atoms. The lowest BCUT2D eigenvalue weighted by molar-refractivity contribution is 0.0506. The van der Waals surface area contributed by atoms with E-state index in [0.29, 0.717) is 18.3 Å². The van der Waals surface area contributed by atoms with Gasteiger partial charge in [-0.2, -0.15) is 0 Å². The van der Waals surface area contributed by atoms with Gasteiger partial charge in [0.05, 0.1) is 0 Å². The molecular formula is C10H18BNO4. The number of amides is 1. The highest BCUT2D eigenvalue weighted by Crippen LogP contribution is 2.19. The second-order valence-corrected chi connectivity index (χ2v) is 4.94. The lowest BCUT2D eigenvalue weighted by Crippen LogP contribution is -2.38. The Morgan fingerprint density at radius 1 is 1.56 bits per heavy atom. The van der Waals surface area contributed by atoms with Gasteiger partial charge in [0, 0.05) is 6.04 Å². The smallest absolute Gasteiger partial charge is 0.444 e. The number of alkyl carbamates (subject to hydrolysis) is 1. The molecule has 0 fully saturated rings. The summed E-state index contributed by atoms with van der Waals surface area (Å²) < 4.78 is 5.10. The van der Waals surface area contributed by atoms with Crippen LogP contribution in [0.1, 0.15) is 33.6 Å². The van der Waals surface area contributed by atoms with E-state index in [2.05, 4.69) is 5.32 Å². The van der Waals surface area contributed by atoms with E-state index in [1.54, 1.807) is 26.8 Å². The Morgan fingerprint density at radius 2 is 2.19 bits per heavy atom. The average Bonchev–Trinajstić information content (AvgIpc) is 2.48. The van der Waals surface area contributed by atoms with Crippen molar-refractivity contribution in [2.75, 3.05) is 0 Å². The van der Waals surface area contributed by atoms with E-state index in [1.807, 2.05) is 0 Å². The van der Waals surface area contributed by atoms with Crippen LogP contribution in [0.2, 0.25) is 0 Å². The Bertz CT molecular complexity index is 296. The largest absolute Gasteiger partial charge is 0.483 e. The van der Waals surface area contributed by atoms with Gasteiger partial charge in [0.15, 0.2) is 0 Å². The van der Waals surface area contributed by atoms with Crippen molar-refractivity contribution in [1.82, 2.24) is 5.32 Å². The highest BCUT2D eigenvalue weighted by molar-refractivity contribution is 6.50. The first-order valence-electron chi connectivity index (χ1n) is 5.32. The van der Waals surface area contributed by atoms with E-state index in [9.17, 15) is 4.79 Å². The zero-order valence-corrected chi connectivity index (χ0v) is 9.86. The number of hydrogen-bond donors (Lipinski definition) is 3. The zero-order chi connectivity index (χ0) is 12.3. The molecule has 0 saturated heterocycles. The molecule has 6 heteroatoms. The predicted molar refractivity (Wildman–Crippen MR) is 60.7 cm³/mol. The maximum absolute atomic E-state index is 11.4. The second-order valence-electron chi connectivity index (χ2n) is 4.94. The molecule has 3 N–H and O–H groups in total. The van der Waals surface area contributed by atoms with Gasteiger partial charge in [0.2, 0.25) is 0 Å². The molecule has 5 nitrogen and oxygen atoms in total. The first-order chi connectivity index (χ1) is 7.28. The molecule has 1 amide bonds. The summed E-state index contributed by atoms with van der Waals surface area (Å²) in [5, 5.41) is 20.6. The summed E-state index contributed by atoms with van der Waals surface area (Å²) in [7, 11) is -1.43. The summed E-state index contributed by atoms with van der Waals surface area (Å²) in [5.74, 6) is 0. The number of nitrogens with one attached hydrogen (secondary N) is 1. The highest BCUT2D eigenvalue weighted by Gasteiger charge is 2.27. The summed E-state index contributed by atoms with van der Waals surface area (Å²) >= 11 is 0. The Labute approximate surface area is 95.6 Å². The lowest BCUT2D eigenvalue weighted by Gasteiger charge is -2.21. The number of carbonyl (C=O) groups is 1. The minimum Gasteiger partial charge on any atom is -0.444 e. The van der Waals surface area contributed by atoms with Crippen LogP contribution in [0.5, 0.6) is 0 Å². The van der Waals surface area contributed by atoms with Gasteiger partial charge in [0.1, 0.15) is 5.60 Å². The highest BCUT2D eigenvalue weighted by atomic mass is 16.6. The molecule has 0 aromatic rings. The van der Waals surface area contributed by atoms with Gasteiger partial charge in [-0.3, -0.25) is 0 Å². The molecule has 0 aliphatic heterocycles. The molecule has 1 rings (SSSR count). The molecule has 1 aliphatic carbocycles. The topological polar surface area (TPSA) is 78.8 Å². The van der Waals surface area contributed by atoms with Crippen LogP contribution in [0, 0.1) is 0 Å². The van der Waals surface area contributed by atoms with E-state index in [4.69, 9.17) is 14.8 Å². The number of hydrogen-bond acceptors (Lipinski definition) is 4. The van der Waals surface area contributed by atoms with E-state index >= 15 is 0 Å². The molecule has 0 aromatic carbocycles. The summed E-state index contributed by atoms with van der Waals surface area (Å²) in [6, 6.07) is -0.105. The van der Waals surface area contributed by atoms with Crippen LogP contribution in [0.4, 0.5) is 4.79 Å². The SMILES string of the molecule is CC(C)(C)OC(=O)NC1CC=C(B(O)O)C1. The monoisotopic (exact) mass is 227 g/mol. The van der Waals surface area contributed by atoms with Crippen molar-refractivity contribution in [2.45, 2.75) is 45.3 Å². The van der Waals surface area contributed by atoms with Crippen LogP contribution >= 0.6 is 0 Å². The van der Waals surface area contributed by atoms with Crippen molar-refractivity contribution in [3.8, 4) is 0 Å². The van der Waals surface area contributed by atoms with Crippen LogP contribution in [-0.4, -0.2) is 34.9 Å². The van der Waals surface area contributed by atoms with Crippen molar-refractivity contribution in [2.24, 2.45) is 0 Å². The van der Waals surface area contributed by atoms with Crippen LogP contribution in [0.3, 0.4) is 0 Å². The first kappa shape index (κ1) is 13.1. The van der Waals surface area contributed by atoms with E-state index in [0.717, 1.165) is 0 Å². The molecule has 16 heavy (non-hydrogen) atoms. The average molecular weight is 227 g/mol. The van der Waals surface area contributed by atoms with Crippen molar-refractivity contribution >= 4 is 13.2 Å². The molecule has 0 radical (unpaired) electrons. The Balaban J connectivity index is 2.34. The van der Waals surface area contributed by atoms with Gasteiger partial charge < -0.3 is 20.1 Å². The Kier molecular flexibility index (Phi) is 3.99. The van der Waals surface area contributed by atoms with Gasteiger partial charge in [0.25, 0.3) is 0 Å². The standard InChI is InChI=1S/C10H18BNO4/c1-10(2,3)16-9(13)12-8-5-4-7(6-8)11(14)15/h4,8,14-15H,5-6H2,1-3H3,(H,12,13). The molecule has 1 atom stereocenters. The first-order valence-corrected chi connectivity index (χ1v) is 5.32. The fourth-order valence-corrected chi connectivity index (χ4v) is 1.54. The van der Waals surface area contributed by atoms with E-state index in [1.165, 1.54) is 0 Å². The fourth-order valence-electron chi connectivity index (χ4n) is 1.54. The third kappa shape index (κ3) is 4.24. The molecule has 1 unspecified atom stereocenters. The lowest BCUT2D eigenvalue weighted by atomic mass is 9.79. The summed E-state index contributed by atoms with van der Waals surface area (Å²) in [4.78, 5) is 11.4. The van der Waals surface area contributed by atoms with Gasteiger partial charge in [-0.25, -0.2) is 4.79 Å². The maximum Gasteiger partial charge on any atom is 0.483 e. The fraction of sp³-hybridized carbons (Fsp3) is 0.700. The predicted octanol–water partition coefficient (Wildman–Crippen LogP) is 0.612. The van der Waals surface area contributed by atoms with Gasteiger partial charge in [-0.1, -0.05) is 6.08 Å². The molecule has 0 aromatic heterocycles. The quantitative estimate of drug-likeness (QED) is 0.604. The van der Waals surface area contributed by atoms with Crippen LogP contribution in [0.15, 0.2) is 11.5 Å². The van der Waals surface area contributed by atoms with E-state index < -0.39 is 18.8 Å². The minimum atomic E-state index is -1.43. The third-order valence-corrected chi connectivity index (χ3v) is 2.20. The number of ether oxygens (including phenoxy) is 1. The molecule has 0 saturated carbocycles. The van der Waals surface area contributed by atoms with E-state index in [-0.39, 0.29) is 6.04 Å². The minimum absolute atomic E-state index is 0.105.